The molecule has 0 spiro atoms. The number of nitrogens with zero attached hydrogens (tertiary/aromatic N) is 2. The Morgan fingerprint density at radius 2 is 2.25 bits per heavy atom. The normalized spacial score (nSPS) is 12.5. The Labute approximate surface area is 174 Å². The molecule has 0 saturated heterocycles. The summed E-state index contributed by atoms with van der Waals surface area (Å²) < 4.78 is 1.15. The summed E-state index contributed by atoms with van der Waals surface area (Å²) in [5, 5.41) is 8.86. The Bertz CT molecular complexity index is 598. The minimum Gasteiger partial charge on any atom is -0.356 e. The summed E-state index contributed by atoms with van der Waals surface area (Å²) in [5.74, 6) is 1.95. The molecule has 2 heterocycles. The minimum atomic E-state index is 0. The lowest BCUT2D eigenvalue weighted by molar-refractivity contribution is 0.644. The highest BCUT2D eigenvalue weighted by Gasteiger charge is 2.07. The van der Waals surface area contributed by atoms with E-state index < -0.39 is 0 Å². The third-order valence-electron chi connectivity index (χ3n) is 3.16. The van der Waals surface area contributed by atoms with Gasteiger partial charge in [-0.05, 0) is 32.4 Å². The summed E-state index contributed by atoms with van der Waals surface area (Å²) in [7, 11) is 1.82. The fourth-order valence-corrected chi connectivity index (χ4v) is 4.76. The zero-order chi connectivity index (χ0) is 16.5. The van der Waals surface area contributed by atoms with Gasteiger partial charge in [0, 0.05) is 53.1 Å². The zero-order valence-corrected chi connectivity index (χ0v) is 19.0. The van der Waals surface area contributed by atoms with Crippen LogP contribution >= 0.6 is 58.4 Å². The van der Waals surface area contributed by atoms with Gasteiger partial charge in [-0.15, -0.1) is 46.7 Å². The summed E-state index contributed by atoms with van der Waals surface area (Å²) in [6.07, 6.45) is 3.97. The van der Waals surface area contributed by atoms with Gasteiger partial charge >= 0.3 is 0 Å². The first-order valence-corrected chi connectivity index (χ1v) is 10.4. The van der Waals surface area contributed by atoms with Gasteiger partial charge in [0.2, 0.25) is 0 Å². The second-order valence-electron chi connectivity index (χ2n) is 5.26. The summed E-state index contributed by atoms with van der Waals surface area (Å²) in [6, 6.07) is 4.76. The Kier molecular flexibility index (Phi) is 11.0. The Morgan fingerprint density at radius 3 is 2.88 bits per heavy atom. The van der Waals surface area contributed by atoms with Crippen molar-refractivity contribution >= 4 is 64.4 Å². The lowest BCUT2D eigenvalue weighted by atomic mass is 10.2. The minimum absolute atomic E-state index is 0. The summed E-state index contributed by atoms with van der Waals surface area (Å²) in [4.78, 5) is 11.4. The highest BCUT2D eigenvalue weighted by molar-refractivity contribution is 14.0. The third kappa shape index (κ3) is 8.17. The van der Waals surface area contributed by atoms with Crippen LogP contribution in [0, 0.1) is 6.92 Å². The second kappa shape index (κ2) is 12.1. The van der Waals surface area contributed by atoms with E-state index in [4.69, 9.17) is 0 Å². The van der Waals surface area contributed by atoms with E-state index in [0.29, 0.717) is 6.04 Å². The maximum atomic E-state index is 4.30. The summed E-state index contributed by atoms with van der Waals surface area (Å²) in [5.41, 5.74) is 0. The fourth-order valence-electron chi connectivity index (χ4n) is 2.10. The first-order chi connectivity index (χ1) is 11.2. The van der Waals surface area contributed by atoms with E-state index in [1.165, 1.54) is 9.75 Å². The number of thiazole rings is 1. The van der Waals surface area contributed by atoms with Crippen molar-refractivity contribution in [3.05, 3.63) is 33.5 Å². The molecule has 0 amide bonds. The molecule has 2 N–H and O–H groups in total. The highest BCUT2D eigenvalue weighted by Crippen LogP contribution is 2.20. The molecule has 0 saturated carbocycles. The topological polar surface area (TPSA) is 49.3 Å². The number of halogens is 1. The number of hydrogen-bond donors (Lipinski definition) is 2. The van der Waals surface area contributed by atoms with Crippen LogP contribution in [0.2, 0.25) is 0 Å². The maximum Gasteiger partial charge on any atom is 0.191 e. The number of rotatable bonds is 8. The van der Waals surface area contributed by atoms with E-state index in [0.717, 1.165) is 35.4 Å². The number of nitrogens with one attached hydrogen (secondary N) is 2. The summed E-state index contributed by atoms with van der Waals surface area (Å²) in [6.45, 7) is 5.26. The van der Waals surface area contributed by atoms with E-state index in [2.05, 4.69) is 46.6 Å². The maximum absolute atomic E-state index is 4.30. The number of aliphatic imine (C=N–C) groups is 1. The average molecular weight is 497 g/mol. The molecule has 0 aromatic carbocycles. The van der Waals surface area contributed by atoms with Gasteiger partial charge in [0.05, 0.1) is 0 Å². The molecular weight excluding hydrogens is 471 g/mol. The van der Waals surface area contributed by atoms with Crippen molar-refractivity contribution in [2.24, 2.45) is 4.99 Å². The van der Waals surface area contributed by atoms with Crippen LogP contribution in [-0.2, 0) is 6.42 Å². The number of aromatic nitrogens is 1. The zero-order valence-electron chi connectivity index (χ0n) is 14.2. The molecule has 24 heavy (non-hydrogen) atoms. The second-order valence-corrected chi connectivity index (χ2v) is 8.87. The molecule has 0 aliphatic rings. The van der Waals surface area contributed by atoms with E-state index >= 15 is 0 Å². The van der Waals surface area contributed by atoms with Gasteiger partial charge in [-0.25, -0.2) is 4.98 Å². The van der Waals surface area contributed by atoms with Crippen molar-refractivity contribution in [3.8, 4) is 0 Å². The largest absolute Gasteiger partial charge is 0.356 e. The number of hydrogen-bond acceptors (Lipinski definition) is 5. The molecule has 0 aliphatic heterocycles. The fraction of sp³-hybridized carbons (Fsp3) is 0.500. The van der Waals surface area contributed by atoms with Crippen LogP contribution in [0.1, 0.15) is 23.1 Å². The molecule has 0 bridgehead atoms. The Balaban J connectivity index is 0.00000288. The number of thioether (sulfide) groups is 1. The Hall–Kier alpha value is -0.320. The van der Waals surface area contributed by atoms with Crippen LogP contribution < -0.4 is 10.6 Å². The molecular formula is C16H25IN4S3. The van der Waals surface area contributed by atoms with Crippen LogP contribution in [0.25, 0.3) is 0 Å². The highest BCUT2D eigenvalue weighted by atomic mass is 127. The van der Waals surface area contributed by atoms with Crippen molar-refractivity contribution in [2.75, 3.05) is 19.3 Å². The molecule has 2 aromatic rings. The molecule has 134 valence electrons. The van der Waals surface area contributed by atoms with Crippen molar-refractivity contribution < 1.29 is 0 Å². The van der Waals surface area contributed by atoms with E-state index in [1.54, 1.807) is 11.3 Å². The smallest absolute Gasteiger partial charge is 0.191 e. The standard InChI is InChI=1S/C16H24N4S3.HI/c1-12(11-14-6-5-13(2)23-14)20-15(17-3)18-7-4-9-21-16-19-8-10-22-16;/h5-6,8,10,12H,4,7,9,11H2,1-3H3,(H2,17,18,20);1H. The lowest BCUT2D eigenvalue weighted by Crippen LogP contribution is -2.43. The lowest BCUT2D eigenvalue weighted by Gasteiger charge is -2.17. The van der Waals surface area contributed by atoms with Gasteiger partial charge < -0.3 is 10.6 Å². The first-order valence-electron chi connectivity index (χ1n) is 7.72. The SMILES string of the molecule is CN=C(NCCCSc1nccs1)NC(C)Cc1ccc(C)s1.I. The molecule has 1 unspecified atom stereocenters. The van der Waals surface area contributed by atoms with E-state index in [-0.39, 0.29) is 24.0 Å². The van der Waals surface area contributed by atoms with E-state index in [1.807, 2.05) is 41.7 Å². The van der Waals surface area contributed by atoms with E-state index in [9.17, 15) is 0 Å². The van der Waals surface area contributed by atoms with Gasteiger partial charge in [-0.3, -0.25) is 4.99 Å². The van der Waals surface area contributed by atoms with Crippen LogP contribution in [-0.4, -0.2) is 36.3 Å². The predicted molar refractivity (Wildman–Crippen MR) is 120 cm³/mol. The van der Waals surface area contributed by atoms with Gasteiger partial charge in [0.15, 0.2) is 5.96 Å². The van der Waals surface area contributed by atoms with Gasteiger partial charge in [-0.1, -0.05) is 11.8 Å². The molecule has 0 radical (unpaired) electrons. The summed E-state index contributed by atoms with van der Waals surface area (Å²) >= 11 is 5.38. The molecule has 8 heteroatoms. The van der Waals surface area contributed by atoms with Gasteiger partial charge in [-0.2, -0.15) is 0 Å². The van der Waals surface area contributed by atoms with Crippen molar-refractivity contribution in [2.45, 2.75) is 37.1 Å². The van der Waals surface area contributed by atoms with Crippen LogP contribution in [0.4, 0.5) is 0 Å². The Morgan fingerprint density at radius 1 is 1.42 bits per heavy atom. The molecule has 4 nitrogen and oxygen atoms in total. The molecule has 2 rings (SSSR count). The number of guanidine groups is 1. The molecule has 0 aliphatic carbocycles. The van der Waals surface area contributed by atoms with Gasteiger partial charge in [0.25, 0.3) is 0 Å². The van der Waals surface area contributed by atoms with Crippen molar-refractivity contribution in [3.63, 3.8) is 0 Å². The van der Waals surface area contributed by atoms with Crippen LogP contribution in [0.15, 0.2) is 33.0 Å². The quantitative estimate of drug-likeness (QED) is 0.187. The third-order valence-corrected chi connectivity index (χ3v) is 6.23. The monoisotopic (exact) mass is 496 g/mol. The number of aryl methyl sites for hydroxylation is 1. The van der Waals surface area contributed by atoms with Crippen LogP contribution in [0.5, 0.6) is 0 Å². The average Bonchev–Trinajstić information content (AvgIpc) is 3.17. The predicted octanol–water partition coefficient (Wildman–Crippen LogP) is 4.41. The van der Waals surface area contributed by atoms with Crippen LogP contribution in [0.3, 0.4) is 0 Å². The molecule has 0 fully saturated rings. The first kappa shape index (κ1) is 21.7. The van der Waals surface area contributed by atoms with Gasteiger partial charge in [0.1, 0.15) is 4.34 Å². The van der Waals surface area contributed by atoms with Crippen molar-refractivity contribution in [1.29, 1.82) is 0 Å². The van der Waals surface area contributed by atoms with Crippen molar-refractivity contribution in [1.82, 2.24) is 15.6 Å². The number of thiophene rings is 1. The molecule has 2 aromatic heterocycles. The molecule has 1 atom stereocenters.